The minimum Gasteiger partial charge on any atom is -0.478 e. The van der Waals surface area contributed by atoms with Crippen LogP contribution in [0.2, 0.25) is 0 Å². The third-order valence-corrected chi connectivity index (χ3v) is 4.29. The second-order valence-electron chi connectivity index (χ2n) is 5.83. The molecular weight excluding hydrogens is 261 g/mol. The maximum absolute atomic E-state index is 13.7. The van der Waals surface area contributed by atoms with Gasteiger partial charge in [-0.15, -0.1) is 0 Å². The van der Waals surface area contributed by atoms with E-state index < -0.39 is 5.97 Å². The van der Waals surface area contributed by atoms with Crippen molar-refractivity contribution in [1.29, 1.82) is 0 Å². The Labute approximate surface area is 117 Å². The highest BCUT2D eigenvalue weighted by Gasteiger charge is 2.48. The zero-order chi connectivity index (χ0) is 14.9. The number of hydrogen-bond acceptors (Lipinski definition) is 3. The van der Waals surface area contributed by atoms with Crippen molar-refractivity contribution in [3.63, 3.8) is 0 Å². The molecule has 20 heavy (non-hydrogen) atoms. The van der Waals surface area contributed by atoms with Crippen molar-refractivity contribution < 1.29 is 19.0 Å². The molecule has 0 heterocycles. The van der Waals surface area contributed by atoms with E-state index in [1.165, 1.54) is 18.2 Å². The smallest absolute Gasteiger partial charge is 0.335 e. The van der Waals surface area contributed by atoms with Crippen LogP contribution in [0.5, 0.6) is 0 Å². The quantitative estimate of drug-likeness (QED) is 0.870. The molecule has 1 fully saturated rings. The third-order valence-electron chi connectivity index (χ3n) is 4.29. The summed E-state index contributed by atoms with van der Waals surface area (Å²) in [6.07, 6.45) is 1.08. The lowest BCUT2D eigenvalue weighted by Crippen LogP contribution is -2.60. The summed E-state index contributed by atoms with van der Waals surface area (Å²) >= 11 is 0. The van der Waals surface area contributed by atoms with Crippen molar-refractivity contribution >= 4 is 5.97 Å². The monoisotopic (exact) mass is 281 g/mol. The number of halogens is 1. The number of aromatic carboxylic acids is 1. The molecule has 1 aliphatic carbocycles. The minimum atomic E-state index is -1.05. The van der Waals surface area contributed by atoms with E-state index in [1.807, 2.05) is 0 Å². The van der Waals surface area contributed by atoms with Crippen LogP contribution in [-0.2, 0) is 11.3 Å². The molecule has 2 atom stereocenters. The van der Waals surface area contributed by atoms with Gasteiger partial charge in [0.15, 0.2) is 0 Å². The van der Waals surface area contributed by atoms with Crippen LogP contribution in [0.3, 0.4) is 0 Å². The Kier molecular flexibility index (Phi) is 4.11. The Morgan fingerprint density at radius 2 is 2.25 bits per heavy atom. The van der Waals surface area contributed by atoms with Crippen molar-refractivity contribution in [2.45, 2.75) is 39.0 Å². The average Bonchev–Trinajstić information content (AvgIpc) is 2.39. The van der Waals surface area contributed by atoms with Gasteiger partial charge in [-0.1, -0.05) is 13.8 Å². The van der Waals surface area contributed by atoms with E-state index in [0.29, 0.717) is 12.1 Å². The Balaban J connectivity index is 2.02. The number of rotatable bonds is 5. The number of benzene rings is 1. The van der Waals surface area contributed by atoms with Gasteiger partial charge in [0.2, 0.25) is 0 Å². The predicted molar refractivity (Wildman–Crippen MR) is 73.2 cm³/mol. The maximum Gasteiger partial charge on any atom is 0.335 e. The molecule has 4 nitrogen and oxygen atoms in total. The number of hydrogen-bond donors (Lipinski definition) is 2. The van der Waals surface area contributed by atoms with Gasteiger partial charge in [0, 0.05) is 30.7 Å². The largest absolute Gasteiger partial charge is 0.478 e. The van der Waals surface area contributed by atoms with Crippen LogP contribution in [0, 0.1) is 11.2 Å². The molecule has 1 aromatic carbocycles. The van der Waals surface area contributed by atoms with Gasteiger partial charge in [0.25, 0.3) is 0 Å². The highest BCUT2D eigenvalue weighted by Crippen LogP contribution is 2.42. The fraction of sp³-hybridized carbons (Fsp3) is 0.533. The summed E-state index contributed by atoms with van der Waals surface area (Å²) in [7, 11) is 1.69. The van der Waals surface area contributed by atoms with Crippen LogP contribution in [0.15, 0.2) is 18.2 Å². The summed E-state index contributed by atoms with van der Waals surface area (Å²) < 4.78 is 19.0. The molecule has 2 rings (SSSR count). The Hall–Kier alpha value is -1.46. The summed E-state index contributed by atoms with van der Waals surface area (Å²) in [5.74, 6) is -1.43. The lowest BCUT2D eigenvalue weighted by atomic mass is 9.64. The second-order valence-corrected chi connectivity index (χ2v) is 5.83. The van der Waals surface area contributed by atoms with Crippen molar-refractivity contribution in [2.75, 3.05) is 7.11 Å². The summed E-state index contributed by atoms with van der Waals surface area (Å²) in [4.78, 5) is 10.9. The Morgan fingerprint density at radius 3 is 2.80 bits per heavy atom. The average molecular weight is 281 g/mol. The van der Waals surface area contributed by atoms with Crippen molar-refractivity contribution in [3.8, 4) is 0 Å². The van der Waals surface area contributed by atoms with Gasteiger partial charge in [0.05, 0.1) is 11.7 Å². The zero-order valence-electron chi connectivity index (χ0n) is 11.9. The molecule has 0 bridgehead atoms. The van der Waals surface area contributed by atoms with Crippen LogP contribution < -0.4 is 5.32 Å². The summed E-state index contributed by atoms with van der Waals surface area (Å²) in [6, 6.07) is 4.09. The first-order valence-electron chi connectivity index (χ1n) is 6.64. The summed E-state index contributed by atoms with van der Waals surface area (Å²) in [5.41, 5.74) is 0.475. The SMILES string of the molecule is COC1CC(NCc2cc(C(=O)O)ccc2F)C1(C)C. The molecule has 0 radical (unpaired) electrons. The van der Waals surface area contributed by atoms with Gasteiger partial charge >= 0.3 is 5.97 Å². The number of carbonyl (C=O) groups is 1. The fourth-order valence-corrected chi connectivity index (χ4v) is 2.71. The van der Waals surface area contributed by atoms with Gasteiger partial charge in [-0.2, -0.15) is 0 Å². The first kappa shape index (κ1) is 14.9. The third kappa shape index (κ3) is 2.69. The topological polar surface area (TPSA) is 58.6 Å². The number of carboxylic acid groups (broad SMARTS) is 1. The molecule has 2 N–H and O–H groups in total. The van der Waals surface area contributed by atoms with Gasteiger partial charge in [-0.05, 0) is 24.6 Å². The molecule has 0 amide bonds. The van der Waals surface area contributed by atoms with E-state index in [4.69, 9.17) is 9.84 Å². The molecule has 0 saturated heterocycles. The molecular formula is C15H20FNO3. The first-order chi connectivity index (χ1) is 9.36. The van der Waals surface area contributed by atoms with E-state index in [0.717, 1.165) is 6.42 Å². The fourth-order valence-electron chi connectivity index (χ4n) is 2.71. The summed E-state index contributed by atoms with van der Waals surface area (Å²) in [6.45, 7) is 4.52. The lowest BCUT2D eigenvalue weighted by molar-refractivity contribution is -0.0979. The number of carboxylic acids is 1. The van der Waals surface area contributed by atoms with Gasteiger partial charge in [-0.3, -0.25) is 0 Å². The standard InChI is InChI=1S/C15H20FNO3/c1-15(2)12(7-13(15)20-3)17-8-10-6-9(14(18)19)4-5-11(10)16/h4-6,12-13,17H,7-8H2,1-3H3,(H,18,19). The maximum atomic E-state index is 13.7. The highest BCUT2D eigenvalue weighted by atomic mass is 19.1. The van der Waals surface area contributed by atoms with Crippen LogP contribution >= 0.6 is 0 Å². The van der Waals surface area contributed by atoms with Crippen molar-refractivity contribution in [1.82, 2.24) is 5.32 Å². The number of ether oxygens (including phenoxy) is 1. The molecule has 5 heteroatoms. The predicted octanol–water partition coefficient (Wildman–Crippen LogP) is 2.43. The van der Waals surface area contributed by atoms with Crippen molar-refractivity contribution in [3.05, 3.63) is 35.1 Å². The number of methoxy groups -OCH3 is 1. The van der Waals surface area contributed by atoms with Crippen LogP contribution in [0.4, 0.5) is 4.39 Å². The second kappa shape index (κ2) is 5.50. The van der Waals surface area contributed by atoms with E-state index in [2.05, 4.69) is 19.2 Å². The molecule has 110 valence electrons. The van der Waals surface area contributed by atoms with E-state index in [9.17, 15) is 9.18 Å². The highest BCUT2D eigenvalue weighted by molar-refractivity contribution is 5.87. The molecule has 0 spiro atoms. The Bertz CT molecular complexity index is 516. The normalized spacial score (nSPS) is 24.2. The van der Waals surface area contributed by atoms with Crippen LogP contribution in [0.25, 0.3) is 0 Å². The summed E-state index contributed by atoms with van der Waals surface area (Å²) in [5, 5.41) is 12.2. The van der Waals surface area contributed by atoms with E-state index in [1.54, 1.807) is 7.11 Å². The molecule has 0 aliphatic heterocycles. The molecule has 1 aromatic rings. The van der Waals surface area contributed by atoms with Crippen LogP contribution in [-0.4, -0.2) is 30.3 Å². The Morgan fingerprint density at radius 1 is 1.55 bits per heavy atom. The molecule has 2 unspecified atom stereocenters. The van der Waals surface area contributed by atoms with Gasteiger partial charge < -0.3 is 15.2 Å². The van der Waals surface area contributed by atoms with Crippen molar-refractivity contribution in [2.24, 2.45) is 5.41 Å². The van der Waals surface area contributed by atoms with Gasteiger partial charge in [0.1, 0.15) is 5.82 Å². The first-order valence-corrected chi connectivity index (χ1v) is 6.64. The van der Waals surface area contributed by atoms with Crippen LogP contribution in [0.1, 0.15) is 36.2 Å². The molecule has 1 saturated carbocycles. The van der Waals surface area contributed by atoms with Gasteiger partial charge in [-0.25, -0.2) is 9.18 Å². The van der Waals surface area contributed by atoms with E-state index in [-0.39, 0.29) is 28.9 Å². The number of nitrogens with one attached hydrogen (secondary N) is 1. The zero-order valence-corrected chi connectivity index (χ0v) is 11.9. The minimum absolute atomic E-state index is 0.00433. The lowest BCUT2D eigenvalue weighted by Gasteiger charge is -2.51. The molecule has 0 aromatic heterocycles. The van der Waals surface area contributed by atoms with E-state index >= 15 is 0 Å². The molecule has 1 aliphatic rings.